The second-order valence-corrected chi connectivity index (χ2v) is 7.32. The van der Waals surface area contributed by atoms with Crippen LogP contribution in [0.5, 0.6) is 11.5 Å². The predicted octanol–water partition coefficient (Wildman–Crippen LogP) is 5.05. The van der Waals surface area contributed by atoms with Gasteiger partial charge in [-0.3, -0.25) is 4.79 Å². The van der Waals surface area contributed by atoms with E-state index in [2.05, 4.69) is 10.5 Å². The van der Waals surface area contributed by atoms with Crippen molar-refractivity contribution in [3.8, 4) is 11.5 Å². The van der Waals surface area contributed by atoms with Crippen molar-refractivity contribution in [2.75, 3.05) is 6.61 Å². The topological polar surface area (TPSA) is 77.0 Å². The molecular formula is C23H18Cl2N2O4. The minimum atomic E-state index is -0.594. The Balaban J connectivity index is 1.48. The molecule has 0 aromatic heterocycles. The van der Waals surface area contributed by atoms with Gasteiger partial charge in [0, 0.05) is 5.02 Å². The van der Waals surface area contributed by atoms with Crippen molar-refractivity contribution in [2.24, 2.45) is 5.10 Å². The molecule has 31 heavy (non-hydrogen) atoms. The number of benzene rings is 3. The van der Waals surface area contributed by atoms with Gasteiger partial charge < -0.3 is 9.47 Å². The summed E-state index contributed by atoms with van der Waals surface area (Å²) in [5.74, 6) is -0.0374. The predicted molar refractivity (Wildman–Crippen MR) is 120 cm³/mol. The first-order valence-electron chi connectivity index (χ1n) is 9.19. The molecule has 0 bridgehead atoms. The number of carbonyl (C=O) groups is 2. The van der Waals surface area contributed by atoms with Gasteiger partial charge in [0.1, 0.15) is 11.5 Å². The number of ether oxygens (including phenoxy) is 2. The van der Waals surface area contributed by atoms with Crippen LogP contribution in [0.2, 0.25) is 10.0 Å². The van der Waals surface area contributed by atoms with Crippen molar-refractivity contribution in [3.05, 3.63) is 93.5 Å². The third-order valence-corrected chi connectivity index (χ3v) is 4.58. The summed E-state index contributed by atoms with van der Waals surface area (Å²) in [7, 11) is 0. The van der Waals surface area contributed by atoms with Crippen LogP contribution in [0, 0.1) is 6.92 Å². The normalized spacial score (nSPS) is 10.7. The largest absolute Gasteiger partial charge is 0.484 e. The summed E-state index contributed by atoms with van der Waals surface area (Å²) in [6.45, 7) is 1.82. The average Bonchev–Trinajstić information content (AvgIpc) is 2.74. The molecule has 3 rings (SSSR count). The first-order valence-corrected chi connectivity index (χ1v) is 9.95. The first kappa shape index (κ1) is 22.3. The zero-order valence-corrected chi connectivity index (χ0v) is 18.0. The number of amides is 1. The smallest absolute Gasteiger partial charge is 0.345 e. The highest BCUT2D eigenvalue weighted by molar-refractivity contribution is 6.36. The molecule has 0 saturated heterocycles. The Morgan fingerprint density at radius 1 is 0.968 bits per heavy atom. The summed E-state index contributed by atoms with van der Waals surface area (Å²) in [5.41, 5.74) is 4.41. The second-order valence-electron chi connectivity index (χ2n) is 6.48. The monoisotopic (exact) mass is 456 g/mol. The summed E-state index contributed by atoms with van der Waals surface area (Å²) in [4.78, 5) is 24.0. The van der Waals surface area contributed by atoms with Crippen molar-refractivity contribution < 1.29 is 19.1 Å². The molecule has 0 atom stereocenters. The fraction of sp³-hybridized carbons (Fsp3) is 0.0870. The first-order chi connectivity index (χ1) is 14.9. The van der Waals surface area contributed by atoms with E-state index in [-0.39, 0.29) is 23.1 Å². The van der Waals surface area contributed by atoms with Crippen molar-refractivity contribution in [2.45, 2.75) is 6.92 Å². The lowest BCUT2D eigenvalue weighted by atomic mass is 10.2. The molecule has 0 unspecified atom stereocenters. The number of halogens is 2. The fourth-order valence-corrected chi connectivity index (χ4v) is 2.92. The Morgan fingerprint density at radius 3 is 2.32 bits per heavy atom. The maximum Gasteiger partial charge on any atom is 0.345 e. The molecule has 0 heterocycles. The molecule has 3 aromatic carbocycles. The lowest BCUT2D eigenvalue weighted by molar-refractivity contribution is -0.123. The van der Waals surface area contributed by atoms with E-state index in [1.807, 2.05) is 19.1 Å². The van der Waals surface area contributed by atoms with Gasteiger partial charge >= 0.3 is 5.97 Å². The number of carbonyl (C=O) groups excluding carboxylic acids is 2. The average molecular weight is 457 g/mol. The molecule has 158 valence electrons. The van der Waals surface area contributed by atoms with E-state index in [1.54, 1.807) is 42.5 Å². The van der Waals surface area contributed by atoms with Crippen LogP contribution < -0.4 is 14.9 Å². The standard InChI is InChI=1S/C23H18Cl2N2O4/c1-15-2-7-18(8-3-15)30-14-22(28)27-26-13-16-4-9-19(10-5-16)31-23(29)20-11-6-17(24)12-21(20)25/h2-13H,14H2,1H3,(H,27,28)/b26-13+. The van der Waals surface area contributed by atoms with E-state index in [1.165, 1.54) is 18.3 Å². The van der Waals surface area contributed by atoms with Crippen LogP contribution in [0.15, 0.2) is 71.8 Å². The molecule has 1 amide bonds. The quantitative estimate of drug-likeness (QED) is 0.233. The molecular weight excluding hydrogens is 439 g/mol. The number of rotatable bonds is 7. The minimum absolute atomic E-state index is 0.150. The number of hydrazone groups is 1. The molecule has 0 saturated carbocycles. The SMILES string of the molecule is Cc1ccc(OCC(=O)N/N=C/c2ccc(OC(=O)c3ccc(Cl)cc3Cl)cc2)cc1. The number of aryl methyl sites for hydroxylation is 1. The third-order valence-electron chi connectivity index (χ3n) is 4.04. The summed E-state index contributed by atoms with van der Waals surface area (Å²) in [5, 5.41) is 4.52. The maximum atomic E-state index is 12.2. The van der Waals surface area contributed by atoms with Gasteiger partial charge in [-0.25, -0.2) is 10.2 Å². The van der Waals surface area contributed by atoms with E-state index in [9.17, 15) is 9.59 Å². The van der Waals surface area contributed by atoms with Crippen LogP contribution in [0.4, 0.5) is 0 Å². The van der Waals surface area contributed by atoms with Gasteiger partial charge in [-0.15, -0.1) is 0 Å². The molecule has 0 aliphatic heterocycles. The Labute approximate surface area is 189 Å². The Kier molecular flexibility index (Phi) is 7.65. The molecule has 0 fully saturated rings. The lowest BCUT2D eigenvalue weighted by Gasteiger charge is -2.06. The molecule has 0 radical (unpaired) electrons. The fourth-order valence-electron chi connectivity index (χ4n) is 2.43. The van der Waals surface area contributed by atoms with Gasteiger partial charge in [0.25, 0.3) is 5.91 Å². The van der Waals surface area contributed by atoms with Crippen LogP contribution in [0.3, 0.4) is 0 Å². The van der Waals surface area contributed by atoms with Crippen molar-refractivity contribution in [3.63, 3.8) is 0 Å². The summed E-state index contributed by atoms with van der Waals surface area (Å²) >= 11 is 11.8. The van der Waals surface area contributed by atoms with Gasteiger partial charge in [0.15, 0.2) is 6.61 Å². The van der Waals surface area contributed by atoms with Gasteiger partial charge in [-0.1, -0.05) is 40.9 Å². The zero-order valence-electron chi connectivity index (χ0n) is 16.5. The molecule has 0 spiro atoms. The molecule has 8 heteroatoms. The zero-order chi connectivity index (χ0) is 22.2. The molecule has 6 nitrogen and oxygen atoms in total. The summed E-state index contributed by atoms with van der Waals surface area (Å²) < 4.78 is 10.7. The Hall–Kier alpha value is -3.35. The third kappa shape index (κ3) is 6.84. The van der Waals surface area contributed by atoms with Gasteiger partial charge in [-0.05, 0) is 67.1 Å². The van der Waals surface area contributed by atoms with Crippen LogP contribution >= 0.6 is 23.2 Å². The summed E-state index contributed by atoms with van der Waals surface area (Å²) in [6.07, 6.45) is 1.46. The molecule has 3 aromatic rings. The molecule has 1 N–H and O–H groups in total. The lowest BCUT2D eigenvalue weighted by Crippen LogP contribution is -2.24. The number of hydrogen-bond acceptors (Lipinski definition) is 5. The van der Waals surface area contributed by atoms with Crippen LogP contribution in [-0.4, -0.2) is 24.7 Å². The van der Waals surface area contributed by atoms with E-state index in [0.717, 1.165) is 5.56 Å². The summed E-state index contributed by atoms with van der Waals surface area (Å²) in [6, 6.07) is 18.5. The van der Waals surface area contributed by atoms with E-state index < -0.39 is 5.97 Å². The van der Waals surface area contributed by atoms with Crippen molar-refractivity contribution >= 4 is 41.3 Å². The number of nitrogens with one attached hydrogen (secondary N) is 1. The highest BCUT2D eigenvalue weighted by atomic mass is 35.5. The highest BCUT2D eigenvalue weighted by Gasteiger charge is 2.13. The highest BCUT2D eigenvalue weighted by Crippen LogP contribution is 2.23. The van der Waals surface area contributed by atoms with Crippen molar-refractivity contribution in [1.82, 2.24) is 5.43 Å². The Morgan fingerprint density at radius 2 is 1.65 bits per heavy atom. The van der Waals surface area contributed by atoms with E-state index in [4.69, 9.17) is 32.7 Å². The minimum Gasteiger partial charge on any atom is -0.484 e. The second kappa shape index (κ2) is 10.6. The van der Waals surface area contributed by atoms with Crippen molar-refractivity contribution in [1.29, 1.82) is 0 Å². The van der Waals surface area contributed by atoms with E-state index >= 15 is 0 Å². The molecule has 0 aliphatic rings. The number of esters is 1. The van der Waals surface area contributed by atoms with E-state index in [0.29, 0.717) is 22.1 Å². The number of nitrogens with zero attached hydrogens (tertiary/aromatic N) is 1. The Bertz CT molecular complexity index is 1100. The molecule has 0 aliphatic carbocycles. The van der Waals surface area contributed by atoms with Gasteiger partial charge in [0.2, 0.25) is 0 Å². The van der Waals surface area contributed by atoms with Gasteiger partial charge in [0.05, 0.1) is 16.8 Å². The van der Waals surface area contributed by atoms with Gasteiger partial charge in [-0.2, -0.15) is 5.10 Å². The maximum absolute atomic E-state index is 12.2. The number of hydrogen-bond donors (Lipinski definition) is 1. The van der Waals surface area contributed by atoms with Crippen LogP contribution in [-0.2, 0) is 4.79 Å². The van der Waals surface area contributed by atoms with Crippen LogP contribution in [0.25, 0.3) is 0 Å². The van der Waals surface area contributed by atoms with Crippen LogP contribution in [0.1, 0.15) is 21.5 Å².